The SMILES string of the molecule is Nc1c(F)cccc1NCc1cc(Br)cs1. The van der Waals surface area contributed by atoms with Gasteiger partial charge in [-0.3, -0.25) is 0 Å². The molecule has 2 rings (SSSR count). The van der Waals surface area contributed by atoms with E-state index >= 15 is 0 Å². The Morgan fingerprint density at radius 2 is 2.25 bits per heavy atom. The van der Waals surface area contributed by atoms with E-state index in [4.69, 9.17) is 5.73 Å². The Morgan fingerprint density at radius 3 is 2.94 bits per heavy atom. The van der Waals surface area contributed by atoms with Crippen molar-refractivity contribution in [2.45, 2.75) is 6.54 Å². The number of benzene rings is 1. The molecular weight excluding hydrogens is 291 g/mol. The van der Waals surface area contributed by atoms with Crippen molar-refractivity contribution >= 4 is 38.6 Å². The largest absolute Gasteiger partial charge is 0.395 e. The van der Waals surface area contributed by atoms with Gasteiger partial charge in [-0.15, -0.1) is 11.3 Å². The summed E-state index contributed by atoms with van der Waals surface area (Å²) in [5, 5.41) is 5.11. The lowest BCUT2D eigenvalue weighted by Crippen LogP contribution is -2.02. The average molecular weight is 301 g/mol. The molecule has 5 heteroatoms. The van der Waals surface area contributed by atoms with Crippen LogP contribution in [0.1, 0.15) is 4.88 Å². The zero-order valence-corrected chi connectivity index (χ0v) is 10.7. The second kappa shape index (κ2) is 4.84. The first-order valence-corrected chi connectivity index (χ1v) is 6.35. The smallest absolute Gasteiger partial charge is 0.148 e. The van der Waals surface area contributed by atoms with Crippen LogP contribution in [0.3, 0.4) is 0 Å². The molecule has 1 aromatic heterocycles. The van der Waals surface area contributed by atoms with Crippen molar-refractivity contribution in [2.75, 3.05) is 11.1 Å². The normalized spacial score (nSPS) is 10.4. The minimum atomic E-state index is -0.391. The molecular formula is C11H10BrFN2S. The molecule has 16 heavy (non-hydrogen) atoms. The van der Waals surface area contributed by atoms with Gasteiger partial charge < -0.3 is 11.1 Å². The Morgan fingerprint density at radius 1 is 1.44 bits per heavy atom. The van der Waals surface area contributed by atoms with Crippen LogP contribution in [0.2, 0.25) is 0 Å². The molecule has 0 aliphatic heterocycles. The van der Waals surface area contributed by atoms with Crippen molar-refractivity contribution in [3.05, 3.63) is 44.8 Å². The van der Waals surface area contributed by atoms with E-state index in [2.05, 4.69) is 21.2 Å². The van der Waals surface area contributed by atoms with E-state index < -0.39 is 5.82 Å². The molecule has 2 nitrogen and oxygen atoms in total. The van der Waals surface area contributed by atoms with Gasteiger partial charge in [-0.2, -0.15) is 0 Å². The lowest BCUT2D eigenvalue weighted by atomic mass is 10.2. The average Bonchev–Trinajstić information content (AvgIpc) is 2.67. The number of thiophene rings is 1. The third-order valence-electron chi connectivity index (χ3n) is 2.13. The molecule has 0 fully saturated rings. The third-order valence-corrected chi connectivity index (χ3v) is 3.83. The number of nitrogen functional groups attached to an aromatic ring is 1. The second-order valence-corrected chi connectivity index (χ2v) is 5.20. The second-order valence-electron chi connectivity index (χ2n) is 3.29. The van der Waals surface area contributed by atoms with Gasteiger partial charge in [-0.05, 0) is 34.1 Å². The van der Waals surface area contributed by atoms with Crippen molar-refractivity contribution < 1.29 is 4.39 Å². The molecule has 0 saturated heterocycles. The number of nitrogens with one attached hydrogen (secondary N) is 1. The van der Waals surface area contributed by atoms with Crippen LogP contribution < -0.4 is 11.1 Å². The van der Waals surface area contributed by atoms with Crippen molar-refractivity contribution in [1.29, 1.82) is 0 Å². The molecule has 0 radical (unpaired) electrons. The summed E-state index contributed by atoms with van der Waals surface area (Å²) in [6.07, 6.45) is 0. The molecule has 0 aliphatic carbocycles. The molecule has 0 spiro atoms. The molecule has 0 saturated carbocycles. The maximum absolute atomic E-state index is 13.1. The van der Waals surface area contributed by atoms with Gasteiger partial charge in [-0.25, -0.2) is 4.39 Å². The number of hydrogen-bond donors (Lipinski definition) is 2. The van der Waals surface area contributed by atoms with Gasteiger partial charge in [0.25, 0.3) is 0 Å². The molecule has 2 aromatic rings. The van der Waals surface area contributed by atoms with Gasteiger partial charge in [0.05, 0.1) is 11.4 Å². The fourth-order valence-corrected chi connectivity index (χ4v) is 2.71. The molecule has 0 bridgehead atoms. The summed E-state index contributed by atoms with van der Waals surface area (Å²) >= 11 is 5.02. The highest BCUT2D eigenvalue weighted by molar-refractivity contribution is 9.10. The zero-order chi connectivity index (χ0) is 11.5. The van der Waals surface area contributed by atoms with Gasteiger partial charge in [-0.1, -0.05) is 6.07 Å². The molecule has 1 heterocycles. The van der Waals surface area contributed by atoms with Crippen molar-refractivity contribution in [1.82, 2.24) is 0 Å². The third kappa shape index (κ3) is 2.54. The summed E-state index contributed by atoms with van der Waals surface area (Å²) in [5.74, 6) is -0.391. The lowest BCUT2D eigenvalue weighted by molar-refractivity contribution is 0.633. The summed E-state index contributed by atoms with van der Waals surface area (Å²) in [4.78, 5) is 1.16. The predicted octanol–water partition coefficient (Wildman–Crippen LogP) is 3.84. The molecule has 84 valence electrons. The Bertz CT molecular complexity index is 498. The first kappa shape index (κ1) is 11.4. The number of anilines is 2. The van der Waals surface area contributed by atoms with E-state index in [1.165, 1.54) is 6.07 Å². The van der Waals surface area contributed by atoms with Crippen molar-refractivity contribution in [2.24, 2.45) is 0 Å². The molecule has 0 amide bonds. The number of rotatable bonds is 3. The van der Waals surface area contributed by atoms with Crippen LogP contribution >= 0.6 is 27.3 Å². The quantitative estimate of drug-likeness (QED) is 0.845. The summed E-state index contributed by atoms with van der Waals surface area (Å²) in [6.45, 7) is 0.643. The zero-order valence-electron chi connectivity index (χ0n) is 8.34. The number of halogens is 2. The first-order chi connectivity index (χ1) is 7.66. The van der Waals surface area contributed by atoms with E-state index in [0.29, 0.717) is 12.2 Å². The van der Waals surface area contributed by atoms with Gasteiger partial charge in [0.1, 0.15) is 5.82 Å². The van der Waals surface area contributed by atoms with Gasteiger partial charge >= 0.3 is 0 Å². The maximum atomic E-state index is 13.1. The topological polar surface area (TPSA) is 38.0 Å². The highest BCUT2D eigenvalue weighted by atomic mass is 79.9. The van der Waals surface area contributed by atoms with Gasteiger partial charge in [0, 0.05) is 21.3 Å². The number of para-hydroxylation sites is 1. The van der Waals surface area contributed by atoms with E-state index in [9.17, 15) is 4.39 Å². The number of hydrogen-bond acceptors (Lipinski definition) is 3. The monoisotopic (exact) mass is 300 g/mol. The van der Waals surface area contributed by atoms with Crippen molar-refractivity contribution in [3.63, 3.8) is 0 Å². The Labute approximate surface area is 105 Å². The summed E-state index contributed by atoms with van der Waals surface area (Å²) in [6, 6.07) is 6.77. The van der Waals surface area contributed by atoms with Crippen LogP contribution in [0.4, 0.5) is 15.8 Å². The first-order valence-electron chi connectivity index (χ1n) is 4.67. The molecule has 3 N–H and O–H groups in total. The van der Waals surface area contributed by atoms with Crippen LogP contribution in [0.25, 0.3) is 0 Å². The fraction of sp³-hybridized carbons (Fsp3) is 0.0909. The molecule has 0 aliphatic rings. The Hall–Kier alpha value is -1.07. The summed E-state index contributed by atoms with van der Waals surface area (Å²) < 4.78 is 14.2. The van der Waals surface area contributed by atoms with Crippen molar-refractivity contribution in [3.8, 4) is 0 Å². The van der Waals surface area contributed by atoms with E-state index in [1.807, 2.05) is 11.4 Å². The van der Waals surface area contributed by atoms with Crippen LogP contribution in [0, 0.1) is 5.82 Å². The highest BCUT2D eigenvalue weighted by Crippen LogP contribution is 2.24. The summed E-state index contributed by atoms with van der Waals surface area (Å²) in [5.41, 5.74) is 6.40. The predicted molar refractivity (Wildman–Crippen MR) is 70.2 cm³/mol. The molecule has 0 atom stereocenters. The van der Waals surface area contributed by atoms with E-state index in [-0.39, 0.29) is 5.69 Å². The van der Waals surface area contributed by atoms with Crippen LogP contribution in [0.15, 0.2) is 34.1 Å². The van der Waals surface area contributed by atoms with Gasteiger partial charge in [0.15, 0.2) is 0 Å². The fourth-order valence-electron chi connectivity index (χ4n) is 1.32. The minimum Gasteiger partial charge on any atom is -0.395 e. The van der Waals surface area contributed by atoms with E-state index in [1.54, 1.807) is 23.5 Å². The maximum Gasteiger partial charge on any atom is 0.148 e. The molecule has 0 unspecified atom stereocenters. The molecule has 1 aromatic carbocycles. The summed E-state index contributed by atoms with van der Waals surface area (Å²) in [7, 11) is 0. The minimum absolute atomic E-state index is 0.165. The van der Waals surface area contributed by atoms with E-state index in [0.717, 1.165) is 9.35 Å². The lowest BCUT2D eigenvalue weighted by Gasteiger charge is -2.08. The van der Waals surface area contributed by atoms with Crippen LogP contribution in [0.5, 0.6) is 0 Å². The van der Waals surface area contributed by atoms with Gasteiger partial charge in [0.2, 0.25) is 0 Å². The standard InChI is InChI=1S/C11H10BrFN2S/c12-7-4-8(16-6-7)5-15-10-3-1-2-9(13)11(10)14/h1-4,6,15H,5,14H2. The van der Waals surface area contributed by atoms with Crippen LogP contribution in [-0.2, 0) is 6.54 Å². The Kier molecular flexibility index (Phi) is 3.46. The highest BCUT2D eigenvalue weighted by Gasteiger charge is 2.04. The van der Waals surface area contributed by atoms with Crippen LogP contribution in [-0.4, -0.2) is 0 Å². The number of nitrogens with two attached hydrogens (primary N) is 1. The Balaban J connectivity index is 2.07.